The van der Waals surface area contributed by atoms with Crippen LogP contribution in [0.3, 0.4) is 0 Å². The number of carbonyl (C=O) groups is 1. The molecule has 0 aliphatic heterocycles. The highest BCUT2D eigenvalue weighted by molar-refractivity contribution is 5.93. The summed E-state index contributed by atoms with van der Waals surface area (Å²) in [7, 11) is 0. The Morgan fingerprint density at radius 2 is 1.89 bits per heavy atom. The van der Waals surface area contributed by atoms with Gasteiger partial charge in [-0.2, -0.15) is 0 Å². The molecule has 0 spiro atoms. The topological polar surface area (TPSA) is 87.7 Å². The summed E-state index contributed by atoms with van der Waals surface area (Å²) in [5.41, 5.74) is 5.05. The minimum Gasteiger partial charge on any atom is -0.409 e. The lowest BCUT2D eigenvalue weighted by atomic mass is 9.84. The van der Waals surface area contributed by atoms with Crippen molar-refractivity contribution in [3.8, 4) is 0 Å². The van der Waals surface area contributed by atoms with Gasteiger partial charge in [-0.1, -0.05) is 39.8 Å². The highest BCUT2D eigenvalue weighted by atomic mass is 16.4. The third-order valence-corrected chi connectivity index (χ3v) is 3.29. The van der Waals surface area contributed by atoms with Crippen LogP contribution in [0.4, 0.5) is 0 Å². The molecular weight excluding hydrogens is 242 g/mol. The number of oxime groups is 1. The maximum atomic E-state index is 12.0. The molecule has 0 radical (unpaired) electrons. The van der Waals surface area contributed by atoms with Crippen LogP contribution < -0.4 is 11.1 Å². The maximum Gasteiger partial charge on any atom is 0.221 e. The van der Waals surface area contributed by atoms with Crippen LogP contribution in [0.15, 0.2) is 5.16 Å². The van der Waals surface area contributed by atoms with E-state index in [9.17, 15) is 4.79 Å². The zero-order valence-electron chi connectivity index (χ0n) is 13.1. The SMILES string of the molecule is CCC(C)(NC(=O)CC(C)CC(C)(C)C)/C(N)=N/O. The van der Waals surface area contributed by atoms with Crippen molar-refractivity contribution in [2.24, 2.45) is 22.2 Å². The quantitative estimate of drug-likeness (QED) is 0.300. The highest BCUT2D eigenvalue weighted by Crippen LogP contribution is 2.26. The number of nitrogens with two attached hydrogens (primary N) is 1. The maximum absolute atomic E-state index is 12.0. The molecule has 112 valence electrons. The lowest BCUT2D eigenvalue weighted by molar-refractivity contribution is -0.123. The minimum atomic E-state index is -0.784. The summed E-state index contributed by atoms with van der Waals surface area (Å²) in [6.45, 7) is 12.2. The normalized spacial score (nSPS) is 17.7. The van der Waals surface area contributed by atoms with Crippen molar-refractivity contribution in [2.75, 3.05) is 0 Å². The molecule has 0 aromatic carbocycles. The summed E-state index contributed by atoms with van der Waals surface area (Å²) < 4.78 is 0. The number of amides is 1. The Morgan fingerprint density at radius 3 is 2.26 bits per heavy atom. The lowest BCUT2D eigenvalue weighted by Gasteiger charge is -2.29. The molecule has 5 heteroatoms. The molecule has 0 saturated heterocycles. The molecular formula is C14H29N3O2. The van der Waals surface area contributed by atoms with Gasteiger partial charge in [0.2, 0.25) is 5.91 Å². The van der Waals surface area contributed by atoms with E-state index in [-0.39, 0.29) is 17.2 Å². The standard InChI is InChI=1S/C14H29N3O2/c1-7-14(6,12(15)17-19)16-11(18)8-10(2)9-13(3,4)5/h10,19H,7-9H2,1-6H3,(H2,15,17)(H,16,18). The molecule has 0 heterocycles. The van der Waals surface area contributed by atoms with Gasteiger partial charge in [0.15, 0.2) is 5.84 Å². The molecule has 0 aromatic rings. The van der Waals surface area contributed by atoms with Crippen LogP contribution in [-0.4, -0.2) is 22.5 Å². The molecule has 0 rings (SSSR count). The van der Waals surface area contributed by atoms with Crippen LogP contribution in [0, 0.1) is 11.3 Å². The van der Waals surface area contributed by atoms with Gasteiger partial charge in [-0.3, -0.25) is 4.79 Å². The number of nitrogens with zero attached hydrogens (tertiary/aromatic N) is 1. The molecule has 1 amide bonds. The van der Waals surface area contributed by atoms with Gasteiger partial charge < -0.3 is 16.3 Å². The highest BCUT2D eigenvalue weighted by Gasteiger charge is 2.30. The molecule has 0 bridgehead atoms. The van der Waals surface area contributed by atoms with E-state index in [0.717, 1.165) is 6.42 Å². The fourth-order valence-electron chi connectivity index (χ4n) is 2.24. The first-order valence-corrected chi connectivity index (χ1v) is 6.83. The first kappa shape index (κ1) is 17.7. The van der Waals surface area contributed by atoms with Crippen LogP contribution in [-0.2, 0) is 4.79 Å². The Morgan fingerprint density at radius 1 is 1.37 bits per heavy atom. The molecule has 2 atom stereocenters. The van der Waals surface area contributed by atoms with E-state index in [1.165, 1.54) is 0 Å². The van der Waals surface area contributed by atoms with Crippen LogP contribution >= 0.6 is 0 Å². The van der Waals surface area contributed by atoms with Crippen LogP contribution in [0.1, 0.15) is 60.8 Å². The monoisotopic (exact) mass is 271 g/mol. The largest absolute Gasteiger partial charge is 0.409 e. The molecule has 5 nitrogen and oxygen atoms in total. The molecule has 0 fully saturated rings. The Labute approximate surface area is 116 Å². The fourth-order valence-corrected chi connectivity index (χ4v) is 2.24. The molecule has 4 N–H and O–H groups in total. The number of carbonyl (C=O) groups excluding carboxylic acids is 1. The zero-order chi connectivity index (χ0) is 15.3. The lowest BCUT2D eigenvalue weighted by Crippen LogP contribution is -2.55. The molecule has 0 aromatic heterocycles. The van der Waals surface area contributed by atoms with E-state index >= 15 is 0 Å². The van der Waals surface area contributed by atoms with Crippen molar-refractivity contribution in [2.45, 2.75) is 66.3 Å². The Hall–Kier alpha value is -1.26. The predicted octanol–water partition coefficient (Wildman–Crippen LogP) is 2.48. The molecule has 19 heavy (non-hydrogen) atoms. The van der Waals surface area contributed by atoms with E-state index in [4.69, 9.17) is 10.9 Å². The molecule has 0 aliphatic carbocycles. The molecule has 2 unspecified atom stereocenters. The Balaban J connectivity index is 4.53. The predicted molar refractivity (Wildman–Crippen MR) is 78.1 cm³/mol. The van der Waals surface area contributed by atoms with E-state index < -0.39 is 5.54 Å². The van der Waals surface area contributed by atoms with Crippen molar-refractivity contribution < 1.29 is 10.0 Å². The van der Waals surface area contributed by atoms with Crippen molar-refractivity contribution in [1.29, 1.82) is 0 Å². The fraction of sp³-hybridized carbons (Fsp3) is 0.857. The van der Waals surface area contributed by atoms with Gasteiger partial charge >= 0.3 is 0 Å². The summed E-state index contributed by atoms with van der Waals surface area (Å²) in [5.74, 6) is 0.271. The van der Waals surface area contributed by atoms with Gasteiger partial charge in [-0.15, -0.1) is 0 Å². The molecule has 0 aliphatic rings. The number of hydrogen-bond acceptors (Lipinski definition) is 3. The molecule has 0 saturated carbocycles. The number of amidine groups is 1. The minimum absolute atomic E-state index is 0.0341. The van der Waals surface area contributed by atoms with Crippen molar-refractivity contribution >= 4 is 11.7 Å². The van der Waals surface area contributed by atoms with E-state index in [0.29, 0.717) is 18.8 Å². The Kier molecular flexibility index (Phi) is 6.33. The van der Waals surface area contributed by atoms with Crippen LogP contribution in [0.25, 0.3) is 0 Å². The average Bonchev–Trinajstić information content (AvgIpc) is 2.24. The van der Waals surface area contributed by atoms with Gasteiger partial charge in [-0.25, -0.2) is 0 Å². The first-order chi connectivity index (χ1) is 8.54. The summed E-state index contributed by atoms with van der Waals surface area (Å²) in [5, 5.41) is 14.6. The van der Waals surface area contributed by atoms with Crippen LogP contribution in [0.2, 0.25) is 0 Å². The van der Waals surface area contributed by atoms with Crippen molar-refractivity contribution in [3.05, 3.63) is 0 Å². The summed E-state index contributed by atoms with van der Waals surface area (Å²) >= 11 is 0. The third kappa shape index (κ3) is 6.45. The summed E-state index contributed by atoms with van der Waals surface area (Å²) in [4.78, 5) is 12.0. The van der Waals surface area contributed by atoms with Gasteiger partial charge in [0, 0.05) is 6.42 Å². The van der Waals surface area contributed by atoms with E-state index in [1.54, 1.807) is 6.92 Å². The second-order valence-electron chi connectivity index (χ2n) is 6.79. The summed E-state index contributed by atoms with van der Waals surface area (Å²) in [6, 6.07) is 0. The van der Waals surface area contributed by atoms with Gasteiger partial charge in [0.05, 0.1) is 5.54 Å². The van der Waals surface area contributed by atoms with Gasteiger partial charge in [0.1, 0.15) is 0 Å². The van der Waals surface area contributed by atoms with Crippen molar-refractivity contribution in [1.82, 2.24) is 5.32 Å². The average molecular weight is 271 g/mol. The number of nitrogens with one attached hydrogen (secondary N) is 1. The number of hydrogen-bond donors (Lipinski definition) is 3. The number of rotatable bonds is 6. The van der Waals surface area contributed by atoms with Gasteiger partial charge in [-0.05, 0) is 31.1 Å². The zero-order valence-corrected chi connectivity index (χ0v) is 13.1. The van der Waals surface area contributed by atoms with Gasteiger partial charge in [0.25, 0.3) is 0 Å². The second-order valence-corrected chi connectivity index (χ2v) is 6.79. The van der Waals surface area contributed by atoms with E-state index in [2.05, 4.69) is 38.2 Å². The summed E-state index contributed by atoms with van der Waals surface area (Å²) in [6.07, 6.45) is 2.00. The first-order valence-electron chi connectivity index (χ1n) is 6.83. The second kappa shape index (κ2) is 6.78. The van der Waals surface area contributed by atoms with E-state index in [1.807, 2.05) is 6.92 Å². The Bertz CT molecular complexity index is 334. The third-order valence-electron chi connectivity index (χ3n) is 3.29. The van der Waals surface area contributed by atoms with Crippen molar-refractivity contribution in [3.63, 3.8) is 0 Å². The van der Waals surface area contributed by atoms with Crippen LogP contribution in [0.5, 0.6) is 0 Å². The smallest absolute Gasteiger partial charge is 0.221 e.